The number of nitrogens with zero attached hydrogens (tertiary/aromatic N) is 3. The maximum Gasteiger partial charge on any atom is 0.246 e. The van der Waals surface area contributed by atoms with E-state index >= 15 is 0 Å². The van der Waals surface area contributed by atoms with Gasteiger partial charge in [-0.25, -0.2) is 9.97 Å². The highest BCUT2D eigenvalue weighted by Crippen LogP contribution is 2.21. The predicted molar refractivity (Wildman–Crippen MR) is 106 cm³/mol. The summed E-state index contributed by atoms with van der Waals surface area (Å²) in [4.78, 5) is 25.8. The minimum atomic E-state index is -0.0591. The Balaban J connectivity index is 2.22. The Morgan fingerprint density at radius 3 is 2.88 bits per heavy atom. The van der Waals surface area contributed by atoms with Gasteiger partial charge in [-0.1, -0.05) is 26.8 Å². The van der Waals surface area contributed by atoms with Crippen molar-refractivity contribution in [3.8, 4) is 0 Å². The van der Waals surface area contributed by atoms with Crippen molar-refractivity contribution in [2.45, 2.75) is 50.9 Å². The number of hydrogen-bond donors (Lipinski definition) is 3. The first-order chi connectivity index (χ1) is 12.0. The molecule has 2 aromatic heterocycles. The highest BCUT2D eigenvalue weighted by molar-refractivity contribution is 7.81. The number of carbonyl (C=O) groups excluding carboxylic acids is 1. The van der Waals surface area contributed by atoms with Crippen LogP contribution in [-0.4, -0.2) is 49.6 Å². The smallest absolute Gasteiger partial charge is 0.246 e. The van der Waals surface area contributed by atoms with Crippen molar-refractivity contribution >= 4 is 35.4 Å². The van der Waals surface area contributed by atoms with Gasteiger partial charge in [0.25, 0.3) is 0 Å². The molecule has 1 unspecified atom stereocenters. The van der Waals surface area contributed by atoms with E-state index in [1.165, 1.54) is 12.4 Å². The SMILES string of the molecule is C=CC(=O)N(C[C@@H](Nc1ncnc2[nH]ccc12)C(C)S)[C@H](C)CCC. The van der Waals surface area contributed by atoms with Crippen molar-refractivity contribution in [1.29, 1.82) is 0 Å². The van der Waals surface area contributed by atoms with Crippen molar-refractivity contribution in [1.82, 2.24) is 19.9 Å². The maximum atomic E-state index is 12.3. The van der Waals surface area contributed by atoms with Gasteiger partial charge in [-0.05, 0) is 25.5 Å². The lowest BCUT2D eigenvalue weighted by atomic mass is 10.1. The van der Waals surface area contributed by atoms with Crippen LogP contribution >= 0.6 is 12.6 Å². The zero-order valence-electron chi connectivity index (χ0n) is 15.1. The third-order valence-corrected chi connectivity index (χ3v) is 4.71. The molecule has 1 amide bonds. The first kappa shape index (κ1) is 19.3. The number of rotatable bonds is 9. The van der Waals surface area contributed by atoms with E-state index < -0.39 is 0 Å². The largest absolute Gasteiger partial charge is 0.364 e. The van der Waals surface area contributed by atoms with Crippen LogP contribution in [0.1, 0.15) is 33.6 Å². The average molecular weight is 362 g/mol. The second kappa shape index (κ2) is 8.89. The number of H-pyrrole nitrogens is 1. The fraction of sp³-hybridized carbons (Fsp3) is 0.500. The molecule has 2 heterocycles. The van der Waals surface area contributed by atoms with E-state index in [2.05, 4.69) is 53.3 Å². The molecule has 6 nitrogen and oxygen atoms in total. The van der Waals surface area contributed by atoms with Gasteiger partial charge in [-0.15, -0.1) is 0 Å². The topological polar surface area (TPSA) is 73.9 Å². The van der Waals surface area contributed by atoms with E-state index in [0.717, 1.165) is 29.7 Å². The fourth-order valence-electron chi connectivity index (χ4n) is 2.87. The average Bonchev–Trinajstić information content (AvgIpc) is 3.07. The Morgan fingerprint density at radius 2 is 2.24 bits per heavy atom. The molecule has 0 saturated carbocycles. The third-order valence-electron chi connectivity index (χ3n) is 4.35. The molecule has 7 heteroatoms. The summed E-state index contributed by atoms with van der Waals surface area (Å²) in [6, 6.07) is 2.02. The number of amides is 1. The summed E-state index contributed by atoms with van der Waals surface area (Å²) in [6.07, 6.45) is 6.70. The van der Waals surface area contributed by atoms with Gasteiger partial charge in [-0.2, -0.15) is 12.6 Å². The van der Waals surface area contributed by atoms with E-state index in [0.29, 0.717) is 6.54 Å². The molecule has 3 atom stereocenters. The number of anilines is 1. The monoisotopic (exact) mass is 361 g/mol. The molecule has 0 aliphatic heterocycles. The molecule has 0 bridgehead atoms. The summed E-state index contributed by atoms with van der Waals surface area (Å²) in [6.45, 7) is 10.4. The van der Waals surface area contributed by atoms with Crippen molar-refractivity contribution in [3.05, 3.63) is 31.2 Å². The van der Waals surface area contributed by atoms with Crippen LogP contribution in [0.4, 0.5) is 5.82 Å². The third kappa shape index (κ3) is 4.75. The molecule has 2 aromatic rings. The molecule has 0 aliphatic rings. The van der Waals surface area contributed by atoms with Gasteiger partial charge < -0.3 is 15.2 Å². The van der Waals surface area contributed by atoms with Gasteiger partial charge in [0.2, 0.25) is 5.91 Å². The van der Waals surface area contributed by atoms with Gasteiger partial charge in [0.05, 0.1) is 11.4 Å². The molecular weight excluding hydrogens is 334 g/mol. The fourth-order valence-corrected chi connectivity index (χ4v) is 3.04. The highest BCUT2D eigenvalue weighted by atomic mass is 32.1. The van der Waals surface area contributed by atoms with Crippen LogP contribution in [0.15, 0.2) is 31.2 Å². The van der Waals surface area contributed by atoms with E-state index in [1.54, 1.807) is 0 Å². The Bertz CT molecular complexity index is 714. The number of thiol groups is 1. The lowest BCUT2D eigenvalue weighted by Gasteiger charge is -2.34. The summed E-state index contributed by atoms with van der Waals surface area (Å²) in [7, 11) is 0. The molecule has 2 rings (SSSR count). The number of aromatic amines is 1. The zero-order chi connectivity index (χ0) is 18.4. The van der Waals surface area contributed by atoms with Crippen LogP contribution in [0.25, 0.3) is 11.0 Å². The molecule has 0 saturated heterocycles. The van der Waals surface area contributed by atoms with Crippen molar-refractivity contribution in [2.75, 3.05) is 11.9 Å². The van der Waals surface area contributed by atoms with E-state index in [4.69, 9.17) is 0 Å². The zero-order valence-corrected chi connectivity index (χ0v) is 16.0. The normalized spacial score (nSPS) is 14.7. The van der Waals surface area contributed by atoms with Crippen LogP contribution in [0.2, 0.25) is 0 Å². The number of hydrogen-bond acceptors (Lipinski definition) is 5. The van der Waals surface area contributed by atoms with Gasteiger partial charge in [0.15, 0.2) is 0 Å². The quantitative estimate of drug-likeness (QED) is 0.473. The minimum Gasteiger partial charge on any atom is -0.364 e. The van der Waals surface area contributed by atoms with Crippen LogP contribution in [-0.2, 0) is 4.79 Å². The number of fused-ring (bicyclic) bond motifs is 1. The van der Waals surface area contributed by atoms with E-state index in [1.807, 2.05) is 24.1 Å². The Morgan fingerprint density at radius 1 is 1.48 bits per heavy atom. The second-order valence-electron chi connectivity index (χ2n) is 6.29. The summed E-state index contributed by atoms with van der Waals surface area (Å²) in [5.41, 5.74) is 0.779. The first-order valence-electron chi connectivity index (χ1n) is 8.63. The van der Waals surface area contributed by atoms with Crippen LogP contribution in [0.3, 0.4) is 0 Å². The summed E-state index contributed by atoms with van der Waals surface area (Å²) in [5.74, 6) is 0.683. The first-order valence-corrected chi connectivity index (χ1v) is 9.15. The molecule has 0 fully saturated rings. The van der Waals surface area contributed by atoms with Gasteiger partial charge in [-0.3, -0.25) is 4.79 Å². The van der Waals surface area contributed by atoms with Gasteiger partial charge >= 0.3 is 0 Å². The Hall–Kier alpha value is -2.02. The molecule has 0 aliphatic carbocycles. The Labute approximate surface area is 154 Å². The molecule has 0 aromatic carbocycles. The van der Waals surface area contributed by atoms with Crippen LogP contribution in [0, 0.1) is 0 Å². The minimum absolute atomic E-state index is 0.0258. The molecule has 0 spiro atoms. The van der Waals surface area contributed by atoms with Crippen molar-refractivity contribution < 1.29 is 4.79 Å². The highest BCUT2D eigenvalue weighted by Gasteiger charge is 2.25. The standard InChI is InChI=1S/C18H27N5OS/c1-5-7-12(3)23(16(24)6-2)10-15(13(4)25)22-18-14-8-9-19-17(14)20-11-21-18/h6,8-9,11-13,15,25H,2,5,7,10H2,1,3-4H3,(H2,19,20,21,22)/t12-,13?,15-/m1/s1. The lowest BCUT2D eigenvalue weighted by molar-refractivity contribution is -0.128. The van der Waals surface area contributed by atoms with E-state index in [9.17, 15) is 4.79 Å². The lowest BCUT2D eigenvalue weighted by Crippen LogP contribution is -2.47. The Kier molecular flexibility index (Phi) is 6.87. The number of aromatic nitrogens is 3. The summed E-state index contributed by atoms with van der Waals surface area (Å²) in [5, 5.41) is 4.39. The number of carbonyl (C=O) groups is 1. The van der Waals surface area contributed by atoms with Gasteiger partial charge in [0.1, 0.15) is 17.8 Å². The summed E-state index contributed by atoms with van der Waals surface area (Å²) < 4.78 is 0. The summed E-state index contributed by atoms with van der Waals surface area (Å²) >= 11 is 4.62. The van der Waals surface area contributed by atoms with Crippen molar-refractivity contribution in [2.24, 2.45) is 0 Å². The number of nitrogens with one attached hydrogen (secondary N) is 2. The van der Waals surface area contributed by atoms with E-state index in [-0.39, 0.29) is 23.2 Å². The maximum absolute atomic E-state index is 12.3. The molecule has 136 valence electrons. The molecule has 25 heavy (non-hydrogen) atoms. The second-order valence-corrected chi connectivity index (χ2v) is 7.10. The molecular formula is C18H27N5OS. The van der Waals surface area contributed by atoms with Crippen molar-refractivity contribution in [3.63, 3.8) is 0 Å². The molecule has 0 radical (unpaired) electrons. The predicted octanol–water partition coefficient (Wildman–Crippen LogP) is 3.26. The van der Waals surface area contributed by atoms with Crippen LogP contribution in [0.5, 0.6) is 0 Å². The van der Waals surface area contributed by atoms with Gasteiger partial charge in [0, 0.05) is 24.0 Å². The molecule has 2 N–H and O–H groups in total. The van der Waals surface area contributed by atoms with Crippen LogP contribution < -0.4 is 5.32 Å².